The van der Waals surface area contributed by atoms with Crippen molar-refractivity contribution >= 4 is 11.7 Å². The fraction of sp³-hybridized carbons (Fsp3) is 0.455. The molecule has 0 aliphatic rings. The van der Waals surface area contributed by atoms with Gasteiger partial charge in [-0.1, -0.05) is 0 Å². The highest BCUT2D eigenvalue weighted by Gasteiger charge is 2.05. The fourth-order valence-corrected chi connectivity index (χ4v) is 1.35. The predicted molar refractivity (Wildman–Crippen MR) is 67.6 cm³/mol. The maximum absolute atomic E-state index is 11.7. The largest absolute Gasteiger partial charge is 0.352 e. The summed E-state index contributed by atoms with van der Waals surface area (Å²) in [5, 5.41) is 2.84. The van der Waals surface area contributed by atoms with Crippen molar-refractivity contribution in [3.05, 3.63) is 23.9 Å². The number of aromatic nitrogens is 1. The van der Waals surface area contributed by atoms with E-state index in [-0.39, 0.29) is 5.91 Å². The molecule has 1 heterocycles. The summed E-state index contributed by atoms with van der Waals surface area (Å²) < 4.78 is 0. The average Bonchev–Trinajstić information content (AvgIpc) is 2.34. The van der Waals surface area contributed by atoms with Crippen LogP contribution in [0.2, 0.25) is 0 Å². The van der Waals surface area contributed by atoms with E-state index in [4.69, 9.17) is 5.84 Å². The van der Waals surface area contributed by atoms with Crippen LogP contribution in [0.3, 0.4) is 0 Å². The number of hydrazine groups is 1. The van der Waals surface area contributed by atoms with Gasteiger partial charge in [-0.25, -0.2) is 10.8 Å². The quantitative estimate of drug-likeness (QED) is 0.370. The minimum Gasteiger partial charge on any atom is -0.352 e. The van der Waals surface area contributed by atoms with E-state index in [1.807, 2.05) is 14.1 Å². The Morgan fingerprint density at radius 2 is 2.29 bits per heavy atom. The van der Waals surface area contributed by atoms with Gasteiger partial charge in [0.25, 0.3) is 5.91 Å². The molecule has 0 bridgehead atoms. The van der Waals surface area contributed by atoms with Crippen LogP contribution >= 0.6 is 0 Å². The summed E-state index contributed by atoms with van der Waals surface area (Å²) in [4.78, 5) is 17.8. The summed E-state index contributed by atoms with van der Waals surface area (Å²) in [7, 11) is 4.01. The Balaban J connectivity index is 2.41. The van der Waals surface area contributed by atoms with Crippen molar-refractivity contribution in [2.45, 2.75) is 6.42 Å². The topological polar surface area (TPSA) is 83.3 Å². The first-order chi connectivity index (χ1) is 8.13. The van der Waals surface area contributed by atoms with Crippen LogP contribution in [0.1, 0.15) is 16.8 Å². The minimum atomic E-state index is -0.109. The fourth-order valence-electron chi connectivity index (χ4n) is 1.35. The van der Waals surface area contributed by atoms with Crippen molar-refractivity contribution in [2.24, 2.45) is 5.84 Å². The maximum atomic E-state index is 11.7. The van der Waals surface area contributed by atoms with Gasteiger partial charge in [-0.15, -0.1) is 0 Å². The van der Waals surface area contributed by atoms with E-state index >= 15 is 0 Å². The van der Waals surface area contributed by atoms with Gasteiger partial charge in [-0.2, -0.15) is 0 Å². The zero-order valence-electron chi connectivity index (χ0n) is 10.2. The molecule has 0 fully saturated rings. The lowest BCUT2D eigenvalue weighted by atomic mass is 10.2. The molecule has 6 heteroatoms. The molecule has 0 aliphatic heterocycles. The van der Waals surface area contributed by atoms with Crippen molar-refractivity contribution in [2.75, 3.05) is 32.6 Å². The molecule has 0 radical (unpaired) electrons. The first kappa shape index (κ1) is 13.4. The molecule has 0 aromatic carbocycles. The highest BCUT2D eigenvalue weighted by Crippen LogP contribution is 2.04. The molecule has 94 valence electrons. The molecular weight excluding hydrogens is 218 g/mol. The molecular formula is C11H19N5O. The number of nitrogens with two attached hydrogens (primary N) is 1. The van der Waals surface area contributed by atoms with Crippen LogP contribution in [0.25, 0.3) is 0 Å². The number of nitrogen functional groups attached to an aromatic ring is 1. The van der Waals surface area contributed by atoms with Crippen molar-refractivity contribution in [3.8, 4) is 0 Å². The zero-order valence-corrected chi connectivity index (χ0v) is 10.2. The number of carbonyl (C=O) groups is 1. The van der Waals surface area contributed by atoms with Crippen molar-refractivity contribution in [1.29, 1.82) is 0 Å². The Morgan fingerprint density at radius 3 is 2.94 bits per heavy atom. The maximum Gasteiger partial charge on any atom is 0.251 e. The second-order valence-corrected chi connectivity index (χ2v) is 3.99. The van der Waals surface area contributed by atoms with Gasteiger partial charge in [0.1, 0.15) is 5.82 Å². The number of hydrogen-bond donors (Lipinski definition) is 3. The second kappa shape index (κ2) is 6.82. The molecule has 0 saturated carbocycles. The Hall–Kier alpha value is -1.66. The van der Waals surface area contributed by atoms with E-state index in [1.54, 1.807) is 18.3 Å². The molecule has 6 nitrogen and oxygen atoms in total. The van der Waals surface area contributed by atoms with Crippen LogP contribution in [-0.4, -0.2) is 43.0 Å². The highest BCUT2D eigenvalue weighted by atomic mass is 16.1. The third-order valence-electron chi connectivity index (χ3n) is 2.24. The molecule has 1 aromatic heterocycles. The van der Waals surface area contributed by atoms with E-state index in [2.05, 4.69) is 20.6 Å². The minimum absolute atomic E-state index is 0.109. The molecule has 1 aromatic rings. The van der Waals surface area contributed by atoms with Gasteiger partial charge in [0.15, 0.2) is 0 Å². The summed E-state index contributed by atoms with van der Waals surface area (Å²) in [5.41, 5.74) is 2.96. The SMILES string of the molecule is CN(C)CCCNC(=O)c1ccnc(NN)c1. The zero-order chi connectivity index (χ0) is 12.7. The average molecular weight is 237 g/mol. The number of nitrogens with one attached hydrogen (secondary N) is 2. The smallest absolute Gasteiger partial charge is 0.251 e. The van der Waals surface area contributed by atoms with Crippen LogP contribution in [-0.2, 0) is 0 Å². The molecule has 0 atom stereocenters. The van der Waals surface area contributed by atoms with Gasteiger partial charge in [0.05, 0.1) is 0 Å². The Kier molecular flexibility index (Phi) is 5.38. The van der Waals surface area contributed by atoms with E-state index < -0.39 is 0 Å². The molecule has 1 rings (SSSR count). The first-order valence-corrected chi connectivity index (χ1v) is 5.49. The molecule has 4 N–H and O–H groups in total. The monoisotopic (exact) mass is 237 g/mol. The predicted octanol–water partition coefficient (Wildman–Crippen LogP) is 0.0487. The van der Waals surface area contributed by atoms with Crippen LogP contribution in [0.4, 0.5) is 5.82 Å². The number of anilines is 1. The summed E-state index contributed by atoms with van der Waals surface area (Å²) in [6.45, 7) is 1.61. The van der Waals surface area contributed by atoms with E-state index in [0.717, 1.165) is 13.0 Å². The Bertz CT molecular complexity index is 367. The van der Waals surface area contributed by atoms with Gasteiger partial charge in [0.2, 0.25) is 0 Å². The molecule has 1 amide bonds. The van der Waals surface area contributed by atoms with Crippen molar-refractivity contribution in [1.82, 2.24) is 15.2 Å². The van der Waals surface area contributed by atoms with Gasteiger partial charge in [0, 0.05) is 18.3 Å². The molecule has 0 spiro atoms. The third kappa shape index (κ3) is 4.80. The van der Waals surface area contributed by atoms with Crippen LogP contribution in [0.5, 0.6) is 0 Å². The number of hydrogen-bond acceptors (Lipinski definition) is 5. The molecule has 0 saturated heterocycles. The number of amides is 1. The number of nitrogens with zero attached hydrogens (tertiary/aromatic N) is 2. The summed E-state index contributed by atoms with van der Waals surface area (Å²) in [6.07, 6.45) is 2.47. The molecule has 0 unspecified atom stereocenters. The van der Waals surface area contributed by atoms with Crippen molar-refractivity contribution < 1.29 is 4.79 Å². The van der Waals surface area contributed by atoms with E-state index in [1.165, 1.54) is 0 Å². The number of rotatable bonds is 6. The lowest BCUT2D eigenvalue weighted by molar-refractivity contribution is 0.0952. The summed E-state index contributed by atoms with van der Waals surface area (Å²) in [6, 6.07) is 3.27. The Labute approximate surface area is 101 Å². The van der Waals surface area contributed by atoms with E-state index in [9.17, 15) is 4.79 Å². The molecule has 0 aliphatic carbocycles. The lowest BCUT2D eigenvalue weighted by Gasteiger charge is -2.10. The van der Waals surface area contributed by atoms with Crippen LogP contribution in [0, 0.1) is 0 Å². The number of pyridine rings is 1. The van der Waals surface area contributed by atoms with Crippen LogP contribution < -0.4 is 16.6 Å². The second-order valence-electron chi connectivity index (χ2n) is 3.99. The molecule has 17 heavy (non-hydrogen) atoms. The Morgan fingerprint density at radius 1 is 1.53 bits per heavy atom. The normalized spacial score (nSPS) is 10.4. The third-order valence-corrected chi connectivity index (χ3v) is 2.24. The first-order valence-electron chi connectivity index (χ1n) is 5.49. The summed E-state index contributed by atoms with van der Waals surface area (Å²) >= 11 is 0. The van der Waals surface area contributed by atoms with Gasteiger partial charge >= 0.3 is 0 Å². The van der Waals surface area contributed by atoms with Gasteiger partial charge < -0.3 is 15.6 Å². The lowest BCUT2D eigenvalue weighted by Crippen LogP contribution is -2.27. The number of carbonyl (C=O) groups excluding carboxylic acids is 1. The van der Waals surface area contributed by atoms with Gasteiger partial charge in [-0.3, -0.25) is 4.79 Å². The standard InChI is InChI=1S/C11H19N5O/c1-16(2)7-3-5-14-11(17)9-4-6-13-10(8-9)15-12/h4,6,8H,3,5,7,12H2,1-2H3,(H,13,15)(H,14,17). The van der Waals surface area contributed by atoms with Gasteiger partial charge in [-0.05, 0) is 39.2 Å². The van der Waals surface area contributed by atoms with Crippen LogP contribution in [0.15, 0.2) is 18.3 Å². The highest BCUT2D eigenvalue weighted by molar-refractivity contribution is 5.94. The summed E-state index contributed by atoms with van der Waals surface area (Å²) in [5.74, 6) is 5.59. The van der Waals surface area contributed by atoms with Crippen molar-refractivity contribution in [3.63, 3.8) is 0 Å². The van der Waals surface area contributed by atoms with E-state index in [0.29, 0.717) is 17.9 Å².